The predicted octanol–water partition coefficient (Wildman–Crippen LogP) is 5.85. The van der Waals surface area contributed by atoms with Gasteiger partial charge >= 0.3 is 12.1 Å². The Balaban J connectivity index is 1.47. The number of nitrogens with one attached hydrogen (secondary N) is 1. The van der Waals surface area contributed by atoms with E-state index in [1.807, 2.05) is 48.5 Å². The summed E-state index contributed by atoms with van der Waals surface area (Å²) in [6.07, 6.45) is -1.02. The molecule has 10 heteroatoms. The summed E-state index contributed by atoms with van der Waals surface area (Å²) in [4.78, 5) is 25.0. The van der Waals surface area contributed by atoms with Crippen molar-refractivity contribution in [2.24, 2.45) is 5.92 Å². The Morgan fingerprint density at radius 1 is 0.806 bits per heavy atom. The lowest BCUT2D eigenvalue weighted by Gasteiger charge is -2.21. The van der Waals surface area contributed by atoms with Crippen LogP contribution in [0.5, 0.6) is 5.75 Å². The first-order valence-corrected chi connectivity index (χ1v) is 11.0. The van der Waals surface area contributed by atoms with E-state index < -0.39 is 58.9 Å². The topological polar surface area (TPSA) is 64.6 Å². The van der Waals surface area contributed by atoms with Crippen molar-refractivity contribution in [1.29, 1.82) is 0 Å². The van der Waals surface area contributed by atoms with E-state index in [1.54, 1.807) is 0 Å². The fourth-order valence-electron chi connectivity index (χ4n) is 4.10. The molecule has 0 unspecified atom stereocenters. The minimum atomic E-state index is -2.39. The molecular formula is C26H20F5NO4. The summed E-state index contributed by atoms with van der Waals surface area (Å²) in [5.74, 6) is -15.6. The zero-order valence-electron chi connectivity index (χ0n) is 19.1. The van der Waals surface area contributed by atoms with E-state index in [1.165, 1.54) is 13.8 Å². The first kappa shape index (κ1) is 25.2. The molecule has 36 heavy (non-hydrogen) atoms. The predicted molar refractivity (Wildman–Crippen MR) is 119 cm³/mol. The van der Waals surface area contributed by atoms with Gasteiger partial charge in [0.15, 0.2) is 0 Å². The van der Waals surface area contributed by atoms with Crippen molar-refractivity contribution < 1.29 is 41.0 Å². The van der Waals surface area contributed by atoms with Gasteiger partial charge in [-0.25, -0.2) is 22.8 Å². The Morgan fingerprint density at radius 3 is 1.78 bits per heavy atom. The van der Waals surface area contributed by atoms with E-state index >= 15 is 0 Å². The lowest BCUT2D eigenvalue weighted by molar-refractivity contribution is -0.138. The van der Waals surface area contributed by atoms with Crippen LogP contribution in [-0.2, 0) is 9.53 Å². The summed E-state index contributed by atoms with van der Waals surface area (Å²) in [5.41, 5.74) is 3.93. The highest BCUT2D eigenvalue weighted by molar-refractivity contribution is 5.83. The minimum absolute atomic E-state index is 0.0721. The van der Waals surface area contributed by atoms with E-state index in [0.29, 0.717) is 0 Å². The van der Waals surface area contributed by atoms with Crippen molar-refractivity contribution in [3.63, 3.8) is 0 Å². The number of hydrogen-bond acceptors (Lipinski definition) is 4. The van der Waals surface area contributed by atoms with Crippen molar-refractivity contribution in [3.05, 3.63) is 88.7 Å². The molecule has 0 saturated heterocycles. The number of benzene rings is 3. The van der Waals surface area contributed by atoms with Crippen molar-refractivity contribution in [2.45, 2.75) is 25.8 Å². The first-order chi connectivity index (χ1) is 17.1. The van der Waals surface area contributed by atoms with Gasteiger partial charge in [0.1, 0.15) is 12.6 Å². The molecule has 4 rings (SSSR count). The molecule has 0 fully saturated rings. The van der Waals surface area contributed by atoms with E-state index in [4.69, 9.17) is 4.74 Å². The van der Waals surface area contributed by atoms with Crippen LogP contribution in [-0.4, -0.2) is 24.7 Å². The van der Waals surface area contributed by atoms with Crippen molar-refractivity contribution >= 4 is 12.1 Å². The van der Waals surface area contributed by atoms with Gasteiger partial charge in [-0.2, -0.15) is 8.78 Å². The van der Waals surface area contributed by atoms with Gasteiger partial charge < -0.3 is 14.8 Å². The highest BCUT2D eigenvalue weighted by atomic mass is 19.2. The van der Waals surface area contributed by atoms with Crippen molar-refractivity contribution in [1.82, 2.24) is 5.32 Å². The third-order valence-corrected chi connectivity index (χ3v) is 5.91. The summed E-state index contributed by atoms with van der Waals surface area (Å²) in [6, 6.07) is 13.8. The van der Waals surface area contributed by atoms with E-state index in [9.17, 15) is 31.5 Å². The molecule has 1 N–H and O–H groups in total. The van der Waals surface area contributed by atoms with Crippen LogP contribution in [0.25, 0.3) is 11.1 Å². The maximum Gasteiger partial charge on any atom is 0.407 e. The molecule has 188 valence electrons. The number of rotatable bonds is 6. The van der Waals surface area contributed by atoms with Crippen LogP contribution in [0.15, 0.2) is 48.5 Å². The Morgan fingerprint density at radius 2 is 1.28 bits per heavy atom. The van der Waals surface area contributed by atoms with E-state index in [2.05, 4.69) is 10.1 Å². The smallest absolute Gasteiger partial charge is 0.407 e. The molecule has 5 nitrogen and oxygen atoms in total. The third-order valence-electron chi connectivity index (χ3n) is 5.91. The van der Waals surface area contributed by atoms with Crippen LogP contribution in [0.1, 0.15) is 30.9 Å². The van der Waals surface area contributed by atoms with Crippen LogP contribution in [0.3, 0.4) is 0 Å². The fraction of sp³-hybridized carbons (Fsp3) is 0.231. The Labute approximate surface area is 202 Å². The number of hydrogen-bond donors (Lipinski definition) is 1. The molecule has 0 radical (unpaired) electrons. The summed E-state index contributed by atoms with van der Waals surface area (Å²) in [6.45, 7) is 2.89. The first-order valence-electron chi connectivity index (χ1n) is 11.0. The largest absolute Gasteiger partial charge is 0.449 e. The molecule has 1 amide bonds. The number of carbonyl (C=O) groups is 2. The van der Waals surface area contributed by atoms with Gasteiger partial charge in [0.2, 0.25) is 34.8 Å². The second kappa shape index (κ2) is 9.96. The molecule has 1 aliphatic carbocycles. The molecular weight excluding hydrogens is 485 g/mol. The monoisotopic (exact) mass is 505 g/mol. The van der Waals surface area contributed by atoms with Gasteiger partial charge in [-0.15, -0.1) is 0 Å². The quantitative estimate of drug-likeness (QED) is 0.150. The molecule has 0 bridgehead atoms. The molecule has 0 saturated carbocycles. The van der Waals surface area contributed by atoms with Gasteiger partial charge in [-0.3, -0.25) is 0 Å². The second-order valence-corrected chi connectivity index (χ2v) is 8.51. The highest BCUT2D eigenvalue weighted by Gasteiger charge is 2.34. The van der Waals surface area contributed by atoms with Crippen molar-refractivity contribution in [2.75, 3.05) is 6.61 Å². The molecule has 1 atom stereocenters. The maximum absolute atomic E-state index is 13.9. The third kappa shape index (κ3) is 4.50. The average Bonchev–Trinajstić information content (AvgIpc) is 3.19. The molecule has 0 aliphatic heterocycles. The van der Waals surface area contributed by atoms with Gasteiger partial charge in [-0.05, 0) is 28.2 Å². The van der Waals surface area contributed by atoms with Crippen LogP contribution in [0.4, 0.5) is 26.7 Å². The fourth-order valence-corrected chi connectivity index (χ4v) is 4.10. The number of esters is 1. The van der Waals surface area contributed by atoms with Gasteiger partial charge in [0.05, 0.1) is 0 Å². The number of halogens is 5. The molecule has 1 aliphatic rings. The van der Waals surface area contributed by atoms with Crippen LogP contribution in [0.2, 0.25) is 0 Å². The zero-order chi connectivity index (χ0) is 26.1. The van der Waals surface area contributed by atoms with Crippen LogP contribution < -0.4 is 10.1 Å². The van der Waals surface area contributed by atoms with Gasteiger partial charge in [0, 0.05) is 5.92 Å². The standard InChI is InChI=1S/C26H20F5NO4/c1-12(2)23(25(33)36-24-21(30)19(28)18(27)20(29)22(24)31)32-26(34)35-11-17-15-9-5-3-7-13(15)14-8-4-6-10-16(14)17/h3-10,12,17,23H,11H2,1-2H3,(H,32,34)/t23-/m1/s1. The van der Waals surface area contributed by atoms with Crippen LogP contribution in [0, 0.1) is 35.0 Å². The molecule has 0 heterocycles. The normalized spacial score (nSPS) is 13.2. The average molecular weight is 505 g/mol. The minimum Gasteiger partial charge on any atom is -0.449 e. The molecule has 3 aromatic rings. The Kier molecular flexibility index (Phi) is 6.96. The molecule has 0 spiro atoms. The zero-order valence-corrected chi connectivity index (χ0v) is 19.1. The van der Waals surface area contributed by atoms with E-state index in [0.717, 1.165) is 22.3 Å². The van der Waals surface area contributed by atoms with Gasteiger partial charge in [-0.1, -0.05) is 62.4 Å². The Bertz CT molecular complexity index is 1270. The second-order valence-electron chi connectivity index (χ2n) is 8.51. The maximum atomic E-state index is 13.9. The Hall–Kier alpha value is -3.95. The summed E-state index contributed by atoms with van der Waals surface area (Å²) >= 11 is 0. The number of fused-ring (bicyclic) bond motifs is 3. The SMILES string of the molecule is CC(C)[C@@H](NC(=O)OCC1c2ccccc2-c2ccccc21)C(=O)Oc1c(F)c(F)c(F)c(F)c1F. The number of alkyl carbamates (subject to hydrolysis) is 1. The van der Waals surface area contributed by atoms with Gasteiger partial charge in [0.25, 0.3) is 0 Å². The lowest BCUT2D eigenvalue weighted by atomic mass is 9.98. The molecule has 0 aromatic heterocycles. The number of amides is 1. The van der Waals surface area contributed by atoms with E-state index in [-0.39, 0.29) is 12.5 Å². The highest BCUT2D eigenvalue weighted by Crippen LogP contribution is 2.44. The summed E-state index contributed by atoms with van der Waals surface area (Å²) < 4.78 is 77.8. The van der Waals surface area contributed by atoms with Crippen LogP contribution >= 0.6 is 0 Å². The number of carbonyl (C=O) groups excluding carboxylic acids is 2. The van der Waals surface area contributed by atoms with Crippen molar-refractivity contribution in [3.8, 4) is 16.9 Å². The molecule has 3 aromatic carbocycles. The summed E-state index contributed by atoms with van der Waals surface area (Å²) in [7, 11) is 0. The number of ether oxygens (including phenoxy) is 2. The summed E-state index contributed by atoms with van der Waals surface area (Å²) in [5, 5.41) is 2.25. The lowest BCUT2D eigenvalue weighted by Crippen LogP contribution is -2.47.